The van der Waals surface area contributed by atoms with Crippen molar-refractivity contribution < 1.29 is 14.4 Å². The molecule has 7 heteroatoms. The van der Waals surface area contributed by atoms with Crippen LogP contribution < -0.4 is 5.32 Å². The predicted octanol–water partition coefficient (Wildman–Crippen LogP) is 0.326. The number of carbonyl (C=O) groups is 3. The van der Waals surface area contributed by atoms with Gasteiger partial charge in [-0.05, 0) is 12.1 Å². The zero-order valence-electron chi connectivity index (χ0n) is 12.1. The minimum absolute atomic E-state index is 0.0406. The number of halogens is 1. The highest BCUT2D eigenvalue weighted by Crippen LogP contribution is 2.03. The summed E-state index contributed by atoms with van der Waals surface area (Å²) in [5.41, 5.74) is 0.521. The molecule has 0 spiro atoms. The van der Waals surface area contributed by atoms with Crippen LogP contribution in [0.25, 0.3) is 0 Å². The zero-order valence-corrected chi connectivity index (χ0v) is 12.9. The van der Waals surface area contributed by atoms with Crippen LogP contribution in [0.2, 0.25) is 0 Å². The summed E-state index contributed by atoms with van der Waals surface area (Å²) in [6.45, 7) is 1.83. The molecule has 3 amide bonds. The smallest absolute Gasteiger partial charge is 0.251 e. The molecule has 1 aliphatic rings. The molecule has 1 aromatic carbocycles. The topological polar surface area (TPSA) is 69.7 Å². The molecule has 2 rings (SSSR count). The van der Waals surface area contributed by atoms with E-state index < -0.39 is 0 Å². The van der Waals surface area contributed by atoms with Crippen molar-refractivity contribution in [1.82, 2.24) is 15.1 Å². The molecule has 1 aromatic rings. The maximum absolute atomic E-state index is 12.1. The van der Waals surface area contributed by atoms with Crippen molar-refractivity contribution in [2.24, 2.45) is 0 Å². The van der Waals surface area contributed by atoms with Crippen LogP contribution in [0.5, 0.6) is 0 Å². The molecule has 1 saturated heterocycles. The third-order valence-corrected chi connectivity index (χ3v) is 3.76. The number of amides is 3. The Morgan fingerprint density at radius 2 is 1.50 bits per heavy atom. The monoisotopic (exact) mass is 323 g/mol. The molecule has 1 aliphatic heterocycles. The molecule has 0 aromatic heterocycles. The molecular weight excluding hydrogens is 306 g/mol. The summed E-state index contributed by atoms with van der Waals surface area (Å²) in [5, 5.41) is 2.61. The maximum Gasteiger partial charge on any atom is 0.251 e. The van der Waals surface area contributed by atoms with Gasteiger partial charge in [-0.15, -0.1) is 11.6 Å². The van der Waals surface area contributed by atoms with Gasteiger partial charge in [0.1, 0.15) is 5.88 Å². The average molecular weight is 324 g/mol. The second-order valence-corrected chi connectivity index (χ2v) is 5.21. The van der Waals surface area contributed by atoms with Crippen LogP contribution in [0.15, 0.2) is 30.3 Å². The maximum atomic E-state index is 12.1. The predicted molar refractivity (Wildman–Crippen MR) is 82.7 cm³/mol. The van der Waals surface area contributed by atoms with Crippen LogP contribution >= 0.6 is 11.6 Å². The van der Waals surface area contributed by atoms with E-state index in [-0.39, 0.29) is 30.1 Å². The third kappa shape index (κ3) is 4.21. The lowest BCUT2D eigenvalue weighted by molar-refractivity contribution is -0.137. The van der Waals surface area contributed by atoms with Gasteiger partial charge in [0.15, 0.2) is 0 Å². The summed E-state index contributed by atoms with van der Waals surface area (Å²) >= 11 is 5.51. The van der Waals surface area contributed by atoms with Gasteiger partial charge in [-0.2, -0.15) is 0 Å². The number of nitrogens with zero attached hydrogens (tertiary/aromatic N) is 2. The van der Waals surface area contributed by atoms with Gasteiger partial charge in [0.05, 0.1) is 6.54 Å². The normalized spacial score (nSPS) is 14.6. The Bertz CT molecular complexity index is 542. The summed E-state index contributed by atoms with van der Waals surface area (Å²) < 4.78 is 0. The molecular formula is C15H18ClN3O3. The second kappa shape index (κ2) is 7.79. The van der Waals surface area contributed by atoms with Crippen LogP contribution in [0.3, 0.4) is 0 Å². The first-order chi connectivity index (χ1) is 10.6. The first kappa shape index (κ1) is 16.3. The summed E-state index contributed by atoms with van der Waals surface area (Å²) in [6, 6.07) is 8.74. The Morgan fingerprint density at radius 1 is 0.955 bits per heavy atom. The van der Waals surface area contributed by atoms with Crippen LogP contribution in [0.4, 0.5) is 0 Å². The van der Waals surface area contributed by atoms with E-state index in [1.54, 1.807) is 34.1 Å². The van der Waals surface area contributed by atoms with Gasteiger partial charge in [-0.1, -0.05) is 18.2 Å². The van der Waals surface area contributed by atoms with Crippen LogP contribution in [-0.2, 0) is 9.59 Å². The Labute approximate surface area is 134 Å². The van der Waals surface area contributed by atoms with Crippen molar-refractivity contribution in [3.8, 4) is 0 Å². The van der Waals surface area contributed by atoms with Crippen molar-refractivity contribution in [3.63, 3.8) is 0 Å². The van der Waals surface area contributed by atoms with E-state index >= 15 is 0 Å². The molecule has 0 bridgehead atoms. The van der Waals surface area contributed by atoms with Crippen LogP contribution in [-0.4, -0.2) is 66.1 Å². The van der Waals surface area contributed by atoms with E-state index in [1.165, 1.54) is 0 Å². The summed E-state index contributed by atoms with van der Waals surface area (Å²) in [7, 11) is 0. The van der Waals surface area contributed by atoms with E-state index in [1.807, 2.05) is 6.07 Å². The molecule has 0 aliphatic carbocycles. The molecule has 6 nitrogen and oxygen atoms in total. The quantitative estimate of drug-likeness (QED) is 0.812. The summed E-state index contributed by atoms with van der Waals surface area (Å²) in [6.07, 6.45) is 0. The van der Waals surface area contributed by atoms with Gasteiger partial charge < -0.3 is 15.1 Å². The van der Waals surface area contributed by atoms with Gasteiger partial charge in [0.25, 0.3) is 5.91 Å². The number of rotatable bonds is 4. The SMILES string of the molecule is O=C(NCC(=O)N1CCN(C(=O)CCl)CC1)c1ccccc1. The van der Waals surface area contributed by atoms with Crippen LogP contribution in [0, 0.1) is 0 Å². The van der Waals surface area contributed by atoms with Crippen molar-refractivity contribution in [2.45, 2.75) is 0 Å². The van der Waals surface area contributed by atoms with E-state index in [2.05, 4.69) is 5.32 Å². The molecule has 118 valence electrons. The van der Waals surface area contributed by atoms with Gasteiger partial charge in [-0.25, -0.2) is 0 Å². The zero-order chi connectivity index (χ0) is 15.9. The molecule has 22 heavy (non-hydrogen) atoms. The first-order valence-corrected chi connectivity index (χ1v) is 7.60. The second-order valence-electron chi connectivity index (χ2n) is 4.94. The molecule has 1 heterocycles. The largest absolute Gasteiger partial charge is 0.343 e. The molecule has 1 N–H and O–H groups in total. The lowest BCUT2D eigenvalue weighted by Crippen LogP contribution is -2.52. The van der Waals surface area contributed by atoms with Gasteiger partial charge >= 0.3 is 0 Å². The third-order valence-electron chi connectivity index (χ3n) is 3.54. The van der Waals surface area contributed by atoms with Crippen LogP contribution in [0.1, 0.15) is 10.4 Å². The fraction of sp³-hybridized carbons (Fsp3) is 0.400. The Balaban J connectivity index is 1.77. The Morgan fingerprint density at radius 3 is 2.05 bits per heavy atom. The fourth-order valence-corrected chi connectivity index (χ4v) is 2.42. The van der Waals surface area contributed by atoms with E-state index in [9.17, 15) is 14.4 Å². The number of alkyl halides is 1. The highest BCUT2D eigenvalue weighted by molar-refractivity contribution is 6.27. The lowest BCUT2D eigenvalue weighted by Gasteiger charge is -2.34. The highest BCUT2D eigenvalue weighted by atomic mass is 35.5. The van der Waals surface area contributed by atoms with Crippen molar-refractivity contribution in [3.05, 3.63) is 35.9 Å². The number of hydrogen-bond donors (Lipinski definition) is 1. The van der Waals surface area contributed by atoms with E-state index in [0.29, 0.717) is 31.7 Å². The molecule has 0 radical (unpaired) electrons. The van der Waals surface area contributed by atoms with Gasteiger partial charge in [0.2, 0.25) is 11.8 Å². The number of carbonyl (C=O) groups excluding carboxylic acids is 3. The first-order valence-electron chi connectivity index (χ1n) is 7.06. The minimum Gasteiger partial charge on any atom is -0.343 e. The van der Waals surface area contributed by atoms with E-state index in [4.69, 9.17) is 11.6 Å². The van der Waals surface area contributed by atoms with Gasteiger partial charge in [-0.3, -0.25) is 14.4 Å². The molecule has 0 unspecified atom stereocenters. The minimum atomic E-state index is -0.273. The Kier molecular flexibility index (Phi) is 5.77. The number of benzene rings is 1. The highest BCUT2D eigenvalue weighted by Gasteiger charge is 2.23. The molecule has 0 atom stereocenters. The molecule has 0 saturated carbocycles. The summed E-state index contributed by atoms with van der Waals surface area (Å²) in [4.78, 5) is 38.7. The van der Waals surface area contributed by atoms with Crippen molar-refractivity contribution in [2.75, 3.05) is 38.6 Å². The molecule has 1 fully saturated rings. The lowest BCUT2D eigenvalue weighted by atomic mass is 10.2. The van der Waals surface area contributed by atoms with Crippen molar-refractivity contribution >= 4 is 29.3 Å². The number of nitrogens with one attached hydrogen (secondary N) is 1. The number of hydrogen-bond acceptors (Lipinski definition) is 3. The van der Waals surface area contributed by atoms with Crippen molar-refractivity contribution in [1.29, 1.82) is 0 Å². The van der Waals surface area contributed by atoms with E-state index in [0.717, 1.165) is 0 Å². The average Bonchev–Trinajstić information content (AvgIpc) is 2.59. The van der Waals surface area contributed by atoms with Gasteiger partial charge in [0, 0.05) is 31.7 Å². The number of piperazine rings is 1. The fourth-order valence-electron chi connectivity index (χ4n) is 2.25. The standard InChI is InChI=1S/C15H18ClN3O3/c16-10-13(20)18-6-8-19(9-7-18)14(21)11-17-15(22)12-4-2-1-3-5-12/h1-5H,6-11H2,(H,17,22). The summed E-state index contributed by atoms with van der Waals surface area (Å²) in [5.74, 6) is -0.584. The Hall–Kier alpha value is -2.08.